The van der Waals surface area contributed by atoms with Crippen LogP contribution in [0.2, 0.25) is 5.02 Å². The van der Waals surface area contributed by atoms with E-state index >= 15 is 0 Å². The van der Waals surface area contributed by atoms with Gasteiger partial charge in [-0.2, -0.15) is 0 Å². The van der Waals surface area contributed by atoms with E-state index in [9.17, 15) is 4.79 Å². The summed E-state index contributed by atoms with van der Waals surface area (Å²) in [4.78, 5) is 19.5. The number of fused-ring (bicyclic) bond motifs is 2. The highest BCUT2D eigenvalue weighted by Gasteiger charge is 2.32. The number of benzene rings is 1. The van der Waals surface area contributed by atoms with Crippen molar-refractivity contribution in [2.75, 3.05) is 26.2 Å². The molecule has 1 aliphatic carbocycles. The van der Waals surface area contributed by atoms with Crippen LogP contribution in [0.3, 0.4) is 0 Å². The maximum absolute atomic E-state index is 12.7. The highest BCUT2D eigenvalue weighted by molar-refractivity contribution is 6.36. The fourth-order valence-electron chi connectivity index (χ4n) is 4.37. The van der Waals surface area contributed by atoms with Gasteiger partial charge in [-0.1, -0.05) is 36.4 Å². The number of piperazine rings is 1. The number of aromatic nitrogens is 1. The molecule has 2 heterocycles. The van der Waals surface area contributed by atoms with Gasteiger partial charge in [-0.3, -0.25) is 9.88 Å². The Kier molecular flexibility index (Phi) is 5.56. The molecule has 148 valence electrons. The molecule has 4 rings (SSSR count). The summed E-state index contributed by atoms with van der Waals surface area (Å²) < 4.78 is 5.34. The summed E-state index contributed by atoms with van der Waals surface area (Å²) in [6.07, 6.45) is 5.54. The summed E-state index contributed by atoms with van der Waals surface area (Å²) in [5.41, 5.74) is 5.40. The second-order valence-corrected chi connectivity index (χ2v) is 7.91. The van der Waals surface area contributed by atoms with Crippen molar-refractivity contribution in [2.45, 2.75) is 38.6 Å². The molecule has 2 aliphatic rings. The van der Waals surface area contributed by atoms with Gasteiger partial charge in [0.25, 0.3) is 0 Å². The molecule has 0 bridgehead atoms. The zero-order valence-electron chi connectivity index (χ0n) is 16.3. The van der Waals surface area contributed by atoms with E-state index in [0.717, 1.165) is 65.0 Å². The first kappa shape index (κ1) is 19.2. The number of pyridine rings is 1. The van der Waals surface area contributed by atoms with Gasteiger partial charge >= 0.3 is 6.09 Å². The van der Waals surface area contributed by atoms with E-state index in [4.69, 9.17) is 21.3 Å². The second-order valence-electron chi connectivity index (χ2n) is 7.53. The largest absolute Gasteiger partial charge is 0.445 e. The molecule has 1 saturated heterocycles. The molecule has 6 heteroatoms. The van der Waals surface area contributed by atoms with E-state index < -0.39 is 0 Å². The van der Waals surface area contributed by atoms with Crippen molar-refractivity contribution in [3.05, 3.63) is 52.2 Å². The van der Waals surface area contributed by atoms with Gasteiger partial charge in [0.05, 0.1) is 16.6 Å². The minimum Gasteiger partial charge on any atom is -0.445 e. The van der Waals surface area contributed by atoms with Crippen molar-refractivity contribution in [3.8, 4) is 0 Å². The van der Waals surface area contributed by atoms with Crippen molar-refractivity contribution in [2.24, 2.45) is 0 Å². The molecule has 1 fully saturated rings. The van der Waals surface area contributed by atoms with Crippen LogP contribution in [0.25, 0.3) is 10.9 Å². The molecular formula is C22H26ClN3O2. The van der Waals surface area contributed by atoms with Gasteiger partial charge in [0.2, 0.25) is 0 Å². The summed E-state index contributed by atoms with van der Waals surface area (Å²) in [5, 5.41) is 5.22. The number of nitrogens with zero attached hydrogens (tertiary/aromatic N) is 2. The zero-order chi connectivity index (χ0) is 19.7. The number of ether oxygens (including phenoxy) is 1. The molecule has 1 aromatic heterocycles. The Morgan fingerprint density at radius 2 is 2.25 bits per heavy atom. The zero-order valence-corrected chi connectivity index (χ0v) is 17.0. The predicted octanol–water partition coefficient (Wildman–Crippen LogP) is 4.34. The maximum Gasteiger partial charge on any atom is 0.410 e. The lowest BCUT2D eigenvalue weighted by atomic mass is 9.91. The number of amides is 1. The summed E-state index contributed by atoms with van der Waals surface area (Å²) in [7, 11) is 0. The van der Waals surface area contributed by atoms with E-state index in [1.165, 1.54) is 5.56 Å². The Balaban J connectivity index is 1.84. The number of carbonyl (C=O) groups excluding carboxylic acids is 1. The Bertz CT molecular complexity index is 928. The van der Waals surface area contributed by atoms with Crippen LogP contribution < -0.4 is 5.32 Å². The number of rotatable bonds is 3. The van der Waals surface area contributed by atoms with Crippen LogP contribution in [0.1, 0.15) is 41.3 Å². The quantitative estimate of drug-likeness (QED) is 0.780. The van der Waals surface area contributed by atoms with Gasteiger partial charge in [0, 0.05) is 36.3 Å². The predicted molar refractivity (Wildman–Crippen MR) is 112 cm³/mol. The average molecular weight is 400 g/mol. The normalized spacial score (nSPS) is 19.4. The van der Waals surface area contributed by atoms with Crippen LogP contribution in [0.15, 0.2) is 24.8 Å². The van der Waals surface area contributed by atoms with Gasteiger partial charge in [0.1, 0.15) is 6.61 Å². The van der Waals surface area contributed by atoms with Gasteiger partial charge in [-0.15, -0.1) is 0 Å². The van der Waals surface area contributed by atoms with Crippen LogP contribution in [0.4, 0.5) is 4.79 Å². The molecule has 1 aliphatic heterocycles. The monoisotopic (exact) mass is 399 g/mol. The summed E-state index contributed by atoms with van der Waals surface area (Å²) in [5.74, 6) is 0. The van der Waals surface area contributed by atoms with E-state index in [1.54, 1.807) is 11.0 Å². The third-order valence-corrected chi connectivity index (χ3v) is 6.19. The van der Waals surface area contributed by atoms with Crippen LogP contribution >= 0.6 is 11.6 Å². The summed E-state index contributed by atoms with van der Waals surface area (Å²) >= 11 is 6.82. The van der Waals surface area contributed by atoms with Crippen LogP contribution in [0, 0.1) is 6.92 Å². The van der Waals surface area contributed by atoms with Crippen molar-refractivity contribution in [3.63, 3.8) is 0 Å². The van der Waals surface area contributed by atoms with Gasteiger partial charge in [0.15, 0.2) is 0 Å². The first-order valence-corrected chi connectivity index (χ1v) is 10.3. The topological polar surface area (TPSA) is 54.5 Å². The third-order valence-electron chi connectivity index (χ3n) is 5.76. The Morgan fingerprint density at radius 1 is 1.43 bits per heavy atom. The maximum atomic E-state index is 12.7. The van der Waals surface area contributed by atoms with Crippen molar-refractivity contribution in [1.29, 1.82) is 0 Å². The smallest absolute Gasteiger partial charge is 0.410 e. The molecule has 0 spiro atoms. The first-order valence-electron chi connectivity index (χ1n) is 9.97. The first-order chi connectivity index (χ1) is 13.6. The molecule has 1 N–H and O–H groups in total. The van der Waals surface area contributed by atoms with E-state index in [2.05, 4.69) is 31.0 Å². The molecule has 1 amide bonds. The lowest BCUT2D eigenvalue weighted by molar-refractivity contribution is 0.0854. The number of hydrogen-bond donors (Lipinski definition) is 1. The minimum absolute atomic E-state index is 0.139. The van der Waals surface area contributed by atoms with Crippen molar-refractivity contribution in [1.82, 2.24) is 15.2 Å². The summed E-state index contributed by atoms with van der Waals surface area (Å²) in [6, 6.07) is 4.01. The van der Waals surface area contributed by atoms with Gasteiger partial charge in [-0.05, 0) is 43.7 Å². The SMILES string of the molecule is C=CCOC(=O)N1CCNCC1c1c(C)ccc2c(Cl)c3c(nc12)CCCC3. The summed E-state index contributed by atoms with van der Waals surface area (Å²) in [6.45, 7) is 7.91. The molecule has 1 unspecified atom stereocenters. The standard InChI is InChI=1S/C22H26ClN3O2/c1-3-12-28-22(27)26-11-10-24-13-18(26)19-14(2)8-9-16-20(23)15-6-4-5-7-17(15)25-21(16)19/h3,8-9,18,24H,1,4-7,10-13H2,2H3. The van der Waals surface area contributed by atoms with Crippen LogP contribution in [-0.2, 0) is 17.6 Å². The molecule has 2 aromatic rings. The van der Waals surface area contributed by atoms with Crippen LogP contribution in [-0.4, -0.2) is 42.2 Å². The Labute approximate surface area is 170 Å². The minimum atomic E-state index is -0.313. The second kappa shape index (κ2) is 8.10. The lowest BCUT2D eigenvalue weighted by Crippen LogP contribution is -2.49. The van der Waals surface area contributed by atoms with E-state index in [1.807, 2.05) is 0 Å². The number of nitrogens with one attached hydrogen (secondary N) is 1. The molecule has 0 saturated carbocycles. The average Bonchev–Trinajstić information content (AvgIpc) is 2.72. The molecule has 1 atom stereocenters. The fourth-order valence-corrected chi connectivity index (χ4v) is 4.72. The molecule has 1 aromatic carbocycles. The van der Waals surface area contributed by atoms with E-state index in [-0.39, 0.29) is 18.7 Å². The van der Waals surface area contributed by atoms with Crippen molar-refractivity contribution < 1.29 is 9.53 Å². The number of aryl methyl sites for hydroxylation is 2. The van der Waals surface area contributed by atoms with Crippen LogP contribution in [0.5, 0.6) is 0 Å². The highest BCUT2D eigenvalue weighted by atomic mass is 35.5. The molecule has 0 radical (unpaired) electrons. The fraction of sp³-hybridized carbons (Fsp3) is 0.455. The van der Waals surface area contributed by atoms with E-state index in [0.29, 0.717) is 13.1 Å². The van der Waals surface area contributed by atoms with Crippen molar-refractivity contribution >= 4 is 28.6 Å². The molecule has 5 nitrogen and oxygen atoms in total. The molecule has 28 heavy (non-hydrogen) atoms. The highest BCUT2D eigenvalue weighted by Crippen LogP contribution is 2.38. The lowest BCUT2D eigenvalue weighted by Gasteiger charge is -2.36. The van der Waals surface area contributed by atoms with Gasteiger partial charge in [-0.25, -0.2) is 4.79 Å². The number of halogens is 1. The Hall–Kier alpha value is -2.11. The molecular weight excluding hydrogens is 374 g/mol. The third kappa shape index (κ3) is 3.38. The van der Waals surface area contributed by atoms with Gasteiger partial charge < -0.3 is 10.1 Å². The number of carbonyl (C=O) groups is 1. The Morgan fingerprint density at radius 3 is 3.07 bits per heavy atom. The number of hydrogen-bond acceptors (Lipinski definition) is 4.